The van der Waals surface area contributed by atoms with Gasteiger partial charge in [0.15, 0.2) is 0 Å². The summed E-state index contributed by atoms with van der Waals surface area (Å²) < 4.78 is 13.1. The number of nitrogens with one attached hydrogen (secondary N) is 1. The van der Waals surface area contributed by atoms with Gasteiger partial charge in [0, 0.05) is 6.04 Å². The Morgan fingerprint density at radius 2 is 2.00 bits per heavy atom. The van der Waals surface area contributed by atoms with Crippen molar-refractivity contribution in [3.8, 4) is 0 Å². The molecule has 1 aromatic carbocycles. The molecule has 2 fully saturated rings. The van der Waals surface area contributed by atoms with Gasteiger partial charge in [0.25, 0.3) is 0 Å². The molecule has 1 aliphatic carbocycles. The van der Waals surface area contributed by atoms with Crippen LogP contribution in [-0.4, -0.2) is 17.5 Å². The first-order valence-corrected chi connectivity index (χ1v) is 7.33. The van der Waals surface area contributed by atoms with E-state index in [1.165, 1.54) is 17.7 Å². The van der Waals surface area contributed by atoms with Gasteiger partial charge < -0.3 is 11.1 Å². The van der Waals surface area contributed by atoms with Gasteiger partial charge in [-0.2, -0.15) is 0 Å². The summed E-state index contributed by atoms with van der Waals surface area (Å²) in [5, 5.41) is 3.06. The lowest BCUT2D eigenvalue weighted by molar-refractivity contribution is -0.123. The van der Waals surface area contributed by atoms with Crippen LogP contribution in [0, 0.1) is 11.7 Å². The van der Waals surface area contributed by atoms with Crippen molar-refractivity contribution < 1.29 is 9.18 Å². The molecule has 1 saturated carbocycles. The molecule has 0 aromatic heterocycles. The molecule has 3 N–H and O–H groups in total. The van der Waals surface area contributed by atoms with E-state index in [9.17, 15) is 9.18 Å². The molecule has 2 unspecified atom stereocenters. The average Bonchev–Trinajstić information content (AvgIpc) is 2.96. The number of carbonyl (C=O) groups excluding carboxylic acids is 1. The summed E-state index contributed by atoms with van der Waals surface area (Å²) in [6.07, 6.45) is 4.04. The first-order chi connectivity index (χ1) is 9.47. The largest absolute Gasteiger partial charge is 0.351 e. The van der Waals surface area contributed by atoms with E-state index in [-0.39, 0.29) is 17.8 Å². The minimum atomic E-state index is -0.749. The van der Waals surface area contributed by atoms with E-state index >= 15 is 0 Å². The van der Waals surface area contributed by atoms with Crippen molar-refractivity contribution in [2.24, 2.45) is 11.7 Å². The lowest BCUT2D eigenvalue weighted by Gasteiger charge is -2.26. The minimum Gasteiger partial charge on any atom is -0.351 e. The highest BCUT2D eigenvalue weighted by atomic mass is 19.1. The molecule has 1 saturated heterocycles. The quantitative estimate of drug-likeness (QED) is 0.871. The predicted molar refractivity (Wildman–Crippen MR) is 75.6 cm³/mol. The summed E-state index contributed by atoms with van der Waals surface area (Å²) in [6.45, 7) is 1.80. The van der Waals surface area contributed by atoms with Gasteiger partial charge in [-0.15, -0.1) is 0 Å². The number of benzene rings is 1. The third-order valence-electron chi connectivity index (χ3n) is 4.86. The zero-order chi connectivity index (χ0) is 14.3. The highest BCUT2D eigenvalue weighted by Gasteiger charge is 2.45. The molecular weight excluding hydrogens is 255 g/mol. The average molecular weight is 276 g/mol. The maximum atomic E-state index is 13.1. The summed E-state index contributed by atoms with van der Waals surface area (Å²) in [4.78, 5) is 11.9. The molecule has 0 bridgehead atoms. The Balaban J connectivity index is 1.80. The predicted octanol–water partition coefficient (Wildman–Crippen LogP) is 2.32. The van der Waals surface area contributed by atoms with Crippen LogP contribution < -0.4 is 11.1 Å². The van der Waals surface area contributed by atoms with Crippen molar-refractivity contribution in [2.75, 3.05) is 0 Å². The molecule has 3 rings (SSSR count). The number of hydrogen-bond acceptors (Lipinski definition) is 2. The second-order valence-corrected chi connectivity index (χ2v) is 6.45. The van der Waals surface area contributed by atoms with Gasteiger partial charge in [0.05, 0.1) is 5.54 Å². The molecule has 2 aliphatic rings. The minimum absolute atomic E-state index is 0.0488. The third-order valence-corrected chi connectivity index (χ3v) is 4.86. The Morgan fingerprint density at radius 1 is 1.30 bits per heavy atom. The summed E-state index contributed by atoms with van der Waals surface area (Å²) in [7, 11) is 0. The topological polar surface area (TPSA) is 55.1 Å². The summed E-state index contributed by atoms with van der Waals surface area (Å²) in [6, 6.07) is 6.93. The summed E-state index contributed by atoms with van der Waals surface area (Å²) >= 11 is 0. The van der Waals surface area contributed by atoms with Crippen molar-refractivity contribution >= 4 is 5.91 Å². The zero-order valence-corrected chi connectivity index (χ0v) is 11.7. The van der Waals surface area contributed by atoms with Gasteiger partial charge in [-0.3, -0.25) is 4.79 Å². The molecule has 4 heteroatoms. The van der Waals surface area contributed by atoms with Crippen LogP contribution in [0.4, 0.5) is 4.39 Å². The van der Waals surface area contributed by atoms with Crippen LogP contribution in [0.2, 0.25) is 0 Å². The monoisotopic (exact) mass is 276 g/mol. The van der Waals surface area contributed by atoms with Crippen molar-refractivity contribution in [1.82, 2.24) is 5.32 Å². The second kappa shape index (κ2) is 4.85. The first kappa shape index (κ1) is 13.6. The molecule has 3 nitrogen and oxygen atoms in total. The molecule has 1 heterocycles. The van der Waals surface area contributed by atoms with Gasteiger partial charge in [-0.05, 0) is 55.7 Å². The van der Waals surface area contributed by atoms with Gasteiger partial charge in [-0.25, -0.2) is 4.39 Å². The Hall–Kier alpha value is -1.42. The molecule has 0 spiro atoms. The van der Waals surface area contributed by atoms with E-state index in [0.29, 0.717) is 18.3 Å². The SMILES string of the molecule is C[C@@]1(N)C[C@H](C2CCCC2c2ccc(F)cc2)NC1=O. The maximum absolute atomic E-state index is 13.1. The van der Waals surface area contributed by atoms with Crippen molar-refractivity contribution in [1.29, 1.82) is 0 Å². The molecule has 1 amide bonds. The van der Waals surface area contributed by atoms with Gasteiger partial charge in [0.1, 0.15) is 5.82 Å². The van der Waals surface area contributed by atoms with Gasteiger partial charge in [-0.1, -0.05) is 18.6 Å². The number of carbonyl (C=O) groups is 1. The molecule has 0 radical (unpaired) electrons. The Morgan fingerprint density at radius 3 is 2.60 bits per heavy atom. The van der Waals surface area contributed by atoms with E-state index in [4.69, 9.17) is 5.73 Å². The van der Waals surface area contributed by atoms with Gasteiger partial charge >= 0.3 is 0 Å². The summed E-state index contributed by atoms with van der Waals surface area (Å²) in [5.74, 6) is 0.559. The number of amides is 1. The van der Waals surface area contributed by atoms with Crippen LogP contribution in [-0.2, 0) is 4.79 Å². The van der Waals surface area contributed by atoms with Gasteiger partial charge in [0.2, 0.25) is 5.91 Å². The number of rotatable bonds is 2. The molecule has 20 heavy (non-hydrogen) atoms. The van der Waals surface area contributed by atoms with Crippen LogP contribution >= 0.6 is 0 Å². The molecule has 1 aromatic rings. The highest BCUT2D eigenvalue weighted by molar-refractivity contribution is 5.88. The first-order valence-electron chi connectivity index (χ1n) is 7.33. The molecule has 4 atom stereocenters. The fraction of sp³-hybridized carbons (Fsp3) is 0.562. The Labute approximate surface area is 118 Å². The Kier molecular flexibility index (Phi) is 3.28. The van der Waals surface area contributed by atoms with Crippen LogP contribution in [0.15, 0.2) is 24.3 Å². The van der Waals surface area contributed by atoms with Crippen molar-refractivity contribution in [3.05, 3.63) is 35.6 Å². The third kappa shape index (κ3) is 2.33. The van der Waals surface area contributed by atoms with E-state index < -0.39 is 5.54 Å². The fourth-order valence-electron chi connectivity index (χ4n) is 3.79. The van der Waals surface area contributed by atoms with Crippen LogP contribution in [0.1, 0.15) is 44.1 Å². The van der Waals surface area contributed by atoms with Crippen molar-refractivity contribution in [2.45, 2.75) is 50.1 Å². The maximum Gasteiger partial charge on any atom is 0.240 e. The lowest BCUT2D eigenvalue weighted by atomic mass is 9.81. The Bertz CT molecular complexity index is 512. The van der Waals surface area contributed by atoms with E-state index in [1.807, 2.05) is 12.1 Å². The summed E-state index contributed by atoms with van der Waals surface area (Å²) in [5.41, 5.74) is 6.45. The van der Waals surface area contributed by atoms with Crippen LogP contribution in [0.3, 0.4) is 0 Å². The number of hydrogen-bond donors (Lipinski definition) is 2. The fourth-order valence-corrected chi connectivity index (χ4v) is 3.79. The normalized spacial score (nSPS) is 37.1. The van der Waals surface area contributed by atoms with E-state index in [0.717, 1.165) is 19.3 Å². The van der Waals surface area contributed by atoms with Crippen LogP contribution in [0.25, 0.3) is 0 Å². The molecular formula is C16H21FN2O. The lowest BCUT2D eigenvalue weighted by Crippen LogP contribution is -2.43. The molecule has 1 aliphatic heterocycles. The van der Waals surface area contributed by atoms with E-state index in [1.54, 1.807) is 6.92 Å². The molecule has 108 valence electrons. The van der Waals surface area contributed by atoms with E-state index in [2.05, 4.69) is 5.32 Å². The number of halogens is 1. The zero-order valence-electron chi connectivity index (χ0n) is 11.7. The van der Waals surface area contributed by atoms with Crippen molar-refractivity contribution in [3.63, 3.8) is 0 Å². The number of nitrogens with two attached hydrogens (primary N) is 1. The second-order valence-electron chi connectivity index (χ2n) is 6.45. The smallest absolute Gasteiger partial charge is 0.240 e. The highest BCUT2D eigenvalue weighted by Crippen LogP contribution is 2.44. The standard InChI is InChI=1S/C16H21FN2O/c1-16(18)9-14(19-15(16)20)13-4-2-3-12(13)10-5-7-11(17)8-6-10/h5-8,12-14H,2-4,9,18H2,1H3,(H,19,20)/t12?,13?,14-,16-/m1/s1. The van der Waals surface area contributed by atoms with Crippen LogP contribution in [0.5, 0.6) is 0 Å².